The second-order valence-corrected chi connectivity index (χ2v) is 7.41. The van der Waals surface area contributed by atoms with E-state index < -0.39 is 41.0 Å². The number of alkyl halides is 2. The highest BCUT2D eigenvalue weighted by atomic mass is 19.3. The van der Waals surface area contributed by atoms with Gasteiger partial charge in [-0.25, -0.2) is 14.6 Å². The molecule has 0 radical (unpaired) electrons. The molecule has 0 saturated heterocycles. The van der Waals surface area contributed by atoms with Gasteiger partial charge < -0.3 is 10.5 Å². The number of hydrazine groups is 1. The summed E-state index contributed by atoms with van der Waals surface area (Å²) < 4.78 is 58.7. The Kier molecular flexibility index (Phi) is 6.90. The first-order valence-electron chi connectivity index (χ1n) is 9.68. The lowest BCUT2D eigenvalue weighted by molar-refractivity contribution is -0.193. The van der Waals surface area contributed by atoms with Crippen LogP contribution < -0.4 is 11.3 Å². The minimum absolute atomic E-state index is 0.416. The number of nitrogens with zero attached hydrogens (tertiary/aromatic N) is 2. The molecule has 3 aromatic rings. The average Bonchev–Trinajstić information content (AvgIpc) is 2.75. The van der Waals surface area contributed by atoms with E-state index in [1.165, 1.54) is 12.3 Å². The summed E-state index contributed by atoms with van der Waals surface area (Å²) in [6, 6.07) is 12.2. The van der Waals surface area contributed by atoms with E-state index in [0.717, 1.165) is 35.7 Å². The van der Waals surface area contributed by atoms with Crippen molar-refractivity contribution in [3.05, 3.63) is 100 Å². The minimum Gasteiger partial charge on any atom is -0.377 e. The first-order valence-corrected chi connectivity index (χ1v) is 9.68. The van der Waals surface area contributed by atoms with Crippen molar-refractivity contribution in [3.8, 4) is 0 Å². The maximum Gasteiger partial charge on any atom is 0.323 e. The van der Waals surface area contributed by atoms with E-state index in [1.807, 2.05) is 36.6 Å². The number of benzene rings is 2. The van der Waals surface area contributed by atoms with Crippen molar-refractivity contribution in [2.45, 2.75) is 24.9 Å². The highest BCUT2D eigenvalue weighted by molar-refractivity contribution is 5.53. The number of nitrogens with two attached hydrogens (primary N) is 1. The third-order valence-electron chi connectivity index (χ3n) is 5.06. The zero-order valence-corrected chi connectivity index (χ0v) is 17.2. The fourth-order valence-corrected chi connectivity index (χ4v) is 3.28. The van der Waals surface area contributed by atoms with Gasteiger partial charge in [0.05, 0.1) is 12.9 Å². The zero-order valence-electron chi connectivity index (χ0n) is 17.2. The highest BCUT2D eigenvalue weighted by Gasteiger charge is 2.57. The number of halogens is 4. The number of hydrogen-bond acceptors (Lipinski definition) is 4. The number of aliphatic imine (C=N–C) groups is 1. The molecule has 0 bridgehead atoms. The lowest BCUT2D eigenvalue weighted by Gasteiger charge is -2.35. The topological polar surface area (TPSA) is 83.5 Å². The van der Waals surface area contributed by atoms with Crippen molar-refractivity contribution in [1.29, 1.82) is 0 Å². The molecule has 32 heavy (non-hydrogen) atoms. The molecule has 0 fully saturated rings. The first kappa shape index (κ1) is 23.4. The van der Waals surface area contributed by atoms with Crippen molar-refractivity contribution in [1.82, 2.24) is 10.4 Å². The summed E-state index contributed by atoms with van der Waals surface area (Å²) in [6.45, 7) is 1.00. The van der Waals surface area contributed by atoms with Crippen LogP contribution in [0.25, 0.3) is 0 Å². The molecule has 1 unspecified atom stereocenters. The van der Waals surface area contributed by atoms with Crippen LogP contribution >= 0.6 is 0 Å². The molecule has 0 saturated carbocycles. The molecule has 1 atom stereocenters. The molecule has 0 aliphatic carbocycles. The molecule has 2 aromatic carbocycles. The van der Waals surface area contributed by atoms with Crippen LogP contribution in [0.2, 0.25) is 0 Å². The second-order valence-electron chi connectivity index (χ2n) is 7.41. The number of aliphatic hydroxyl groups is 1. The van der Waals surface area contributed by atoms with E-state index in [1.54, 1.807) is 0 Å². The van der Waals surface area contributed by atoms with Crippen LogP contribution in [0.5, 0.6) is 0 Å². The van der Waals surface area contributed by atoms with Gasteiger partial charge in [-0.2, -0.15) is 8.78 Å². The van der Waals surface area contributed by atoms with E-state index in [2.05, 4.69) is 9.98 Å². The molecule has 1 aromatic heterocycles. The first-order chi connectivity index (χ1) is 15.2. The molecule has 1 heterocycles. The van der Waals surface area contributed by atoms with Gasteiger partial charge in [-0.1, -0.05) is 35.9 Å². The van der Waals surface area contributed by atoms with Crippen LogP contribution in [0.15, 0.2) is 65.8 Å². The lowest BCUT2D eigenvalue weighted by atomic mass is 9.84. The summed E-state index contributed by atoms with van der Waals surface area (Å²) in [5.41, 5.74) is 0.0257. The molecule has 0 aliphatic heterocycles. The highest BCUT2D eigenvalue weighted by Crippen LogP contribution is 2.46. The van der Waals surface area contributed by atoms with Crippen LogP contribution in [0, 0.1) is 18.6 Å². The van der Waals surface area contributed by atoms with Crippen LogP contribution in [0.3, 0.4) is 0 Å². The Morgan fingerprint density at radius 3 is 2.34 bits per heavy atom. The van der Waals surface area contributed by atoms with Gasteiger partial charge >= 0.3 is 5.92 Å². The van der Waals surface area contributed by atoms with Crippen molar-refractivity contribution in [2.75, 3.05) is 6.54 Å². The summed E-state index contributed by atoms with van der Waals surface area (Å²) in [4.78, 5) is 7.43. The van der Waals surface area contributed by atoms with Crippen molar-refractivity contribution >= 4 is 6.34 Å². The number of aryl methyl sites for hydroxylation is 1. The lowest BCUT2D eigenvalue weighted by Crippen LogP contribution is -2.47. The van der Waals surface area contributed by atoms with Crippen LogP contribution in [-0.2, 0) is 17.9 Å². The van der Waals surface area contributed by atoms with E-state index in [4.69, 9.17) is 5.84 Å². The fourth-order valence-electron chi connectivity index (χ4n) is 3.28. The summed E-state index contributed by atoms with van der Waals surface area (Å²) >= 11 is 0. The summed E-state index contributed by atoms with van der Waals surface area (Å²) in [5, 5.41) is 11.0. The maximum atomic E-state index is 15.5. The Labute approximate surface area is 182 Å². The van der Waals surface area contributed by atoms with Gasteiger partial charge in [0.2, 0.25) is 0 Å². The summed E-state index contributed by atoms with van der Waals surface area (Å²) in [6.07, 6.45) is 2.62. The molecular weight excluding hydrogens is 424 g/mol. The van der Waals surface area contributed by atoms with Crippen LogP contribution in [0.4, 0.5) is 17.6 Å². The molecule has 5 nitrogen and oxygen atoms in total. The molecular formula is C23H22F4N4O. The zero-order chi connectivity index (χ0) is 23.4. The Bertz CT molecular complexity index is 1090. The van der Waals surface area contributed by atoms with Crippen molar-refractivity contribution < 1.29 is 22.7 Å². The molecule has 9 heteroatoms. The molecule has 3 rings (SSSR count). The Morgan fingerprint density at radius 1 is 1.06 bits per heavy atom. The van der Waals surface area contributed by atoms with Gasteiger partial charge in [0.1, 0.15) is 17.3 Å². The smallest absolute Gasteiger partial charge is 0.323 e. The van der Waals surface area contributed by atoms with Crippen LogP contribution in [-0.4, -0.2) is 23.0 Å². The minimum atomic E-state index is -4.07. The van der Waals surface area contributed by atoms with Gasteiger partial charge in [-0.3, -0.25) is 9.98 Å². The van der Waals surface area contributed by atoms with Crippen LogP contribution in [0.1, 0.15) is 27.9 Å². The number of aromatic nitrogens is 1. The average molecular weight is 446 g/mol. The number of hydrogen-bond donors (Lipinski definition) is 3. The largest absolute Gasteiger partial charge is 0.377 e. The van der Waals surface area contributed by atoms with Gasteiger partial charge in [-0.15, -0.1) is 0 Å². The van der Waals surface area contributed by atoms with Gasteiger partial charge in [0, 0.05) is 17.8 Å². The predicted molar refractivity (Wildman–Crippen MR) is 113 cm³/mol. The Hall–Kier alpha value is -3.30. The third kappa shape index (κ3) is 4.79. The van der Waals surface area contributed by atoms with Gasteiger partial charge in [0.25, 0.3) is 0 Å². The molecule has 0 amide bonds. The third-order valence-corrected chi connectivity index (χ3v) is 5.06. The van der Waals surface area contributed by atoms with E-state index >= 15 is 8.78 Å². The van der Waals surface area contributed by atoms with Gasteiger partial charge in [0.15, 0.2) is 5.60 Å². The van der Waals surface area contributed by atoms with E-state index in [-0.39, 0.29) is 0 Å². The maximum absolute atomic E-state index is 15.5. The molecule has 0 spiro atoms. The molecule has 4 N–H and O–H groups in total. The standard InChI is InChI=1S/C23H22F4N4O/c1-15-2-4-16(5-3-15)10-17-6-9-21(30-12-17)23(26,27)22(32,13-29-14-31-28)19-8-7-18(24)11-20(19)25/h2-9,11-12,14,32H,10,13,28H2,1H3,(H,29,31). The SMILES string of the molecule is Cc1ccc(Cc2ccc(C(F)(F)C(O)(CN=CNN)c3ccc(F)cc3F)nc2)cc1. The molecule has 168 valence electrons. The number of pyridine rings is 1. The normalized spacial score (nSPS) is 13.8. The van der Waals surface area contributed by atoms with Gasteiger partial charge in [-0.05, 0) is 42.7 Å². The fraction of sp³-hybridized carbons (Fsp3) is 0.217. The van der Waals surface area contributed by atoms with Crippen molar-refractivity contribution in [3.63, 3.8) is 0 Å². The second kappa shape index (κ2) is 9.46. The van der Waals surface area contributed by atoms with Crippen molar-refractivity contribution in [2.24, 2.45) is 10.8 Å². The molecule has 0 aliphatic rings. The summed E-state index contributed by atoms with van der Waals surface area (Å²) in [5.74, 6) is -1.32. The van der Waals surface area contributed by atoms with E-state index in [9.17, 15) is 13.9 Å². The monoisotopic (exact) mass is 446 g/mol. The number of nitrogens with one attached hydrogen (secondary N) is 1. The Balaban J connectivity index is 1.96. The van der Waals surface area contributed by atoms with E-state index in [0.29, 0.717) is 18.1 Å². The Morgan fingerprint density at radius 2 is 1.75 bits per heavy atom. The summed E-state index contributed by atoms with van der Waals surface area (Å²) in [7, 11) is 0. The predicted octanol–water partition coefficient (Wildman–Crippen LogP) is 3.73. The number of rotatable bonds is 8. The quantitative estimate of drug-likeness (QED) is 0.162.